The van der Waals surface area contributed by atoms with Crippen LogP contribution in [0.15, 0.2) is 42.0 Å². The Bertz CT molecular complexity index is 1650. The van der Waals surface area contributed by atoms with Crippen molar-refractivity contribution in [3.05, 3.63) is 47.5 Å². The van der Waals surface area contributed by atoms with Crippen molar-refractivity contribution in [2.24, 2.45) is 50.2 Å². The van der Waals surface area contributed by atoms with Gasteiger partial charge in [0, 0.05) is 12.0 Å². The van der Waals surface area contributed by atoms with Crippen molar-refractivity contribution in [2.45, 2.75) is 119 Å². The lowest BCUT2D eigenvalue weighted by molar-refractivity contribution is -0.189. The topological polar surface area (TPSA) is 116 Å². The normalized spacial score (nSPS) is 41.2. The average molecular weight is 696 g/mol. The third kappa shape index (κ3) is 5.73. The number of fused-ring (bicyclic) bond motifs is 7. The standard InChI is InChI=1S/C40H57NO7S/c1-35(2)30-14-17-40(7)33(38(30,5)16-15-31(35)41-49(45,46)25-32(43)47-8)29(42)22-27-28-23-37(4,19-18-36(28,3)20-21-39(27,40)6)34(44)48-24-26-12-10-9-11-13-26/h9-13,22,28,30-31,33,41H,14-21,23-25H2,1-8H3/t28-,30-,31-,33+,36+,37-,38-,39+,40+/m0/s1. The summed E-state index contributed by atoms with van der Waals surface area (Å²) in [6, 6.07) is 9.47. The minimum atomic E-state index is -3.88. The summed E-state index contributed by atoms with van der Waals surface area (Å²) >= 11 is 0. The van der Waals surface area contributed by atoms with Gasteiger partial charge >= 0.3 is 11.9 Å². The number of carbonyl (C=O) groups is 3. The number of ketones is 1. The van der Waals surface area contributed by atoms with E-state index in [4.69, 9.17) is 4.74 Å². The fourth-order valence-electron chi connectivity index (χ4n) is 12.0. The third-order valence-electron chi connectivity index (χ3n) is 15.2. The van der Waals surface area contributed by atoms with Gasteiger partial charge in [-0.2, -0.15) is 0 Å². The van der Waals surface area contributed by atoms with Crippen molar-refractivity contribution in [2.75, 3.05) is 12.9 Å². The van der Waals surface area contributed by atoms with E-state index in [1.54, 1.807) is 0 Å². The zero-order valence-corrected chi connectivity index (χ0v) is 31.6. The molecule has 1 aromatic rings. The van der Waals surface area contributed by atoms with Gasteiger partial charge in [0.15, 0.2) is 11.5 Å². The molecule has 5 aliphatic carbocycles. The van der Waals surface area contributed by atoms with Crippen LogP contribution in [0.25, 0.3) is 0 Å². The molecule has 0 amide bonds. The summed E-state index contributed by atoms with van der Waals surface area (Å²) in [5, 5.41) is 0. The Hall–Kier alpha value is -2.52. The van der Waals surface area contributed by atoms with Crippen LogP contribution >= 0.6 is 0 Å². The first-order valence-electron chi connectivity index (χ1n) is 18.3. The van der Waals surface area contributed by atoms with Crippen LogP contribution in [0.2, 0.25) is 0 Å². The first kappa shape index (κ1) is 36.3. The zero-order chi connectivity index (χ0) is 35.8. The molecule has 0 radical (unpaired) electrons. The number of carbonyl (C=O) groups excluding carboxylic acids is 3. The number of rotatable bonds is 7. The van der Waals surface area contributed by atoms with Crippen molar-refractivity contribution in [3.8, 4) is 0 Å². The highest BCUT2D eigenvalue weighted by Gasteiger charge is 2.70. The van der Waals surface area contributed by atoms with E-state index < -0.39 is 32.6 Å². The number of ether oxygens (including phenoxy) is 2. The smallest absolute Gasteiger partial charge is 0.322 e. The van der Waals surface area contributed by atoms with Gasteiger partial charge in [-0.1, -0.05) is 77.4 Å². The van der Waals surface area contributed by atoms with E-state index in [0.29, 0.717) is 12.8 Å². The molecule has 0 bridgehead atoms. The van der Waals surface area contributed by atoms with Crippen molar-refractivity contribution >= 4 is 27.7 Å². The van der Waals surface area contributed by atoms with Crippen LogP contribution in [0.3, 0.4) is 0 Å². The Balaban J connectivity index is 1.29. The largest absolute Gasteiger partial charge is 0.468 e. The number of sulfonamides is 1. The molecule has 8 nitrogen and oxygen atoms in total. The predicted molar refractivity (Wildman–Crippen MR) is 188 cm³/mol. The summed E-state index contributed by atoms with van der Waals surface area (Å²) in [5.74, 6) is -1.38. The predicted octanol–water partition coefficient (Wildman–Crippen LogP) is 7.17. The number of methoxy groups -OCH3 is 1. The molecule has 0 spiro atoms. The van der Waals surface area contributed by atoms with E-state index in [-0.39, 0.29) is 63.8 Å². The second kappa shape index (κ2) is 12.0. The number of benzene rings is 1. The molecule has 5 aliphatic rings. The second-order valence-electron chi connectivity index (χ2n) is 18.2. The van der Waals surface area contributed by atoms with Gasteiger partial charge in [0.05, 0.1) is 12.5 Å². The van der Waals surface area contributed by atoms with Crippen LogP contribution in [0.5, 0.6) is 0 Å². The molecule has 1 aromatic carbocycles. The molecule has 1 N–H and O–H groups in total. The second-order valence-corrected chi connectivity index (χ2v) is 19.9. The van der Waals surface area contributed by atoms with E-state index >= 15 is 0 Å². The quantitative estimate of drug-likeness (QED) is 0.301. The number of nitrogens with one attached hydrogen (secondary N) is 1. The summed E-state index contributed by atoms with van der Waals surface area (Å²) in [7, 11) is -2.69. The van der Waals surface area contributed by atoms with Crippen molar-refractivity contribution in [1.29, 1.82) is 0 Å². The van der Waals surface area contributed by atoms with Gasteiger partial charge in [0.25, 0.3) is 0 Å². The molecule has 4 fully saturated rings. The first-order chi connectivity index (χ1) is 22.7. The maximum absolute atomic E-state index is 14.8. The Kier molecular flexibility index (Phi) is 8.91. The molecular formula is C40H57NO7S. The first-order valence-corrected chi connectivity index (χ1v) is 19.9. The Morgan fingerprint density at radius 3 is 2.24 bits per heavy atom. The number of allylic oxidation sites excluding steroid dienone is 2. The van der Waals surface area contributed by atoms with Gasteiger partial charge in [0.1, 0.15) is 6.61 Å². The number of hydrogen-bond donors (Lipinski definition) is 1. The molecule has 9 heteroatoms. The maximum Gasteiger partial charge on any atom is 0.322 e. The van der Waals surface area contributed by atoms with Crippen LogP contribution in [0, 0.1) is 50.2 Å². The minimum absolute atomic E-state index is 0.0244. The van der Waals surface area contributed by atoms with Crippen molar-refractivity contribution in [1.82, 2.24) is 4.72 Å². The highest BCUT2D eigenvalue weighted by atomic mass is 32.2. The number of esters is 2. The SMILES string of the molecule is COC(=O)CS(=O)(=O)N[C@H]1CC[C@]2(C)[C@H]3C(=O)C=C4[C@@H]5C[C@@](C)(C(=O)OCc6ccccc6)CC[C@]5(C)CC[C@@]4(C)[C@]3(C)CC[C@H]2C1(C)C. The zero-order valence-electron chi connectivity index (χ0n) is 30.8. The molecule has 0 aliphatic heterocycles. The molecule has 6 rings (SSSR count). The number of hydrogen-bond acceptors (Lipinski definition) is 7. The summed E-state index contributed by atoms with van der Waals surface area (Å²) in [6.07, 6.45) is 9.59. The maximum atomic E-state index is 14.8. The van der Waals surface area contributed by atoms with Gasteiger partial charge in [-0.25, -0.2) is 13.1 Å². The molecule has 0 saturated heterocycles. The lowest BCUT2D eigenvalue weighted by atomic mass is 9.33. The fraction of sp³-hybridized carbons (Fsp3) is 0.725. The monoisotopic (exact) mass is 695 g/mol. The molecular weight excluding hydrogens is 639 g/mol. The minimum Gasteiger partial charge on any atom is -0.468 e. The Morgan fingerprint density at radius 1 is 0.898 bits per heavy atom. The summed E-state index contributed by atoms with van der Waals surface area (Å²) in [6.45, 7) is 16.0. The van der Waals surface area contributed by atoms with E-state index in [2.05, 4.69) is 57.9 Å². The molecule has 0 aromatic heterocycles. The van der Waals surface area contributed by atoms with Crippen LogP contribution in [0.4, 0.5) is 0 Å². The van der Waals surface area contributed by atoms with Gasteiger partial charge in [0.2, 0.25) is 10.0 Å². The van der Waals surface area contributed by atoms with E-state index in [1.807, 2.05) is 36.4 Å². The molecule has 49 heavy (non-hydrogen) atoms. The molecule has 9 atom stereocenters. The van der Waals surface area contributed by atoms with E-state index in [1.165, 1.54) is 12.7 Å². The lowest BCUT2D eigenvalue weighted by Crippen LogP contribution is -2.67. The summed E-state index contributed by atoms with van der Waals surface area (Å²) in [4.78, 5) is 40.3. The van der Waals surface area contributed by atoms with Gasteiger partial charge < -0.3 is 9.47 Å². The average Bonchev–Trinajstić information content (AvgIpc) is 3.03. The van der Waals surface area contributed by atoms with Crippen molar-refractivity contribution < 1.29 is 32.3 Å². The molecule has 270 valence electrons. The summed E-state index contributed by atoms with van der Waals surface area (Å²) in [5.41, 5.74) is 0.421. The van der Waals surface area contributed by atoms with Crippen LogP contribution < -0.4 is 4.72 Å². The molecule has 4 saturated carbocycles. The van der Waals surface area contributed by atoms with E-state index in [9.17, 15) is 22.8 Å². The Morgan fingerprint density at radius 2 is 1.57 bits per heavy atom. The molecule has 0 heterocycles. The van der Waals surface area contributed by atoms with Crippen molar-refractivity contribution in [3.63, 3.8) is 0 Å². The molecule has 0 unspecified atom stereocenters. The van der Waals surface area contributed by atoms with Gasteiger partial charge in [-0.05, 0) is 115 Å². The van der Waals surface area contributed by atoms with Gasteiger partial charge in [-0.15, -0.1) is 0 Å². The fourth-order valence-corrected chi connectivity index (χ4v) is 13.3. The van der Waals surface area contributed by atoms with Crippen LogP contribution in [-0.2, 0) is 40.5 Å². The third-order valence-corrected chi connectivity index (χ3v) is 16.4. The Labute approximate surface area is 293 Å². The van der Waals surface area contributed by atoms with E-state index in [0.717, 1.165) is 50.5 Å². The highest BCUT2D eigenvalue weighted by Crippen LogP contribution is 2.75. The lowest BCUT2D eigenvalue weighted by Gasteiger charge is -2.70. The highest BCUT2D eigenvalue weighted by molar-refractivity contribution is 7.90. The van der Waals surface area contributed by atoms with Gasteiger partial charge in [-0.3, -0.25) is 14.4 Å². The van der Waals surface area contributed by atoms with Crippen LogP contribution in [0.1, 0.15) is 112 Å². The summed E-state index contributed by atoms with van der Waals surface area (Å²) < 4.78 is 39.3. The van der Waals surface area contributed by atoms with Crippen LogP contribution in [-0.4, -0.2) is 45.0 Å².